The summed E-state index contributed by atoms with van der Waals surface area (Å²) in [5, 5.41) is 5.24. The fraction of sp³-hybridized carbons (Fsp3) is 0.111. The molecule has 2 aromatic rings. The topological polar surface area (TPSA) is 67.4 Å². The number of hydrogen-bond donors (Lipinski definition) is 2. The molecule has 0 bridgehead atoms. The Hall–Kier alpha value is -3.08. The second-order valence-corrected chi connectivity index (χ2v) is 4.73. The molecule has 0 saturated carbocycles. The van der Waals surface area contributed by atoms with Gasteiger partial charge in [0.05, 0.1) is 5.69 Å². The number of amides is 2. The second kappa shape index (κ2) is 8.38. The predicted molar refractivity (Wildman–Crippen MR) is 89.4 cm³/mol. The molecule has 0 aromatic heterocycles. The van der Waals surface area contributed by atoms with Gasteiger partial charge in [0.15, 0.2) is 5.75 Å². The molecule has 5 nitrogen and oxygen atoms in total. The maximum absolute atomic E-state index is 11.9. The number of carbonyl (C=O) groups excluding carboxylic acids is 2. The Balaban J connectivity index is 2.01. The molecular weight excluding hydrogens is 292 g/mol. The summed E-state index contributed by atoms with van der Waals surface area (Å²) in [5.41, 5.74) is 0.512. The van der Waals surface area contributed by atoms with E-state index < -0.39 is 5.91 Å². The summed E-state index contributed by atoms with van der Waals surface area (Å²) in [4.78, 5) is 23.5. The molecule has 0 heterocycles. The van der Waals surface area contributed by atoms with Crippen molar-refractivity contribution in [1.82, 2.24) is 5.32 Å². The molecule has 118 valence electrons. The van der Waals surface area contributed by atoms with Crippen molar-refractivity contribution in [2.24, 2.45) is 0 Å². The molecule has 2 N–H and O–H groups in total. The normalized spacial score (nSPS) is 9.74. The molecule has 0 unspecified atom stereocenters. The Morgan fingerprint density at radius 1 is 1.00 bits per heavy atom. The van der Waals surface area contributed by atoms with Gasteiger partial charge in [-0.15, -0.1) is 6.58 Å². The van der Waals surface area contributed by atoms with Crippen LogP contribution in [0.1, 0.15) is 6.42 Å². The van der Waals surface area contributed by atoms with Gasteiger partial charge in [0.2, 0.25) is 11.8 Å². The third-order valence-corrected chi connectivity index (χ3v) is 2.90. The molecular formula is C18H18N2O3. The summed E-state index contributed by atoms with van der Waals surface area (Å²) in [5.74, 6) is 0.413. The van der Waals surface area contributed by atoms with Crippen LogP contribution in [0.5, 0.6) is 11.5 Å². The lowest BCUT2D eigenvalue weighted by Gasteiger charge is -2.12. The molecule has 0 aliphatic carbocycles. The van der Waals surface area contributed by atoms with Gasteiger partial charge in [-0.05, 0) is 24.3 Å². The van der Waals surface area contributed by atoms with E-state index >= 15 is 0 Å². The van der Waals surface area contributed by atoms with E-state index in [2.05, 4.69) is 17.2 Å². The van der Waals surface area contributed by atoms with Crippen LogP contribution in [0.15, 0.2) is 67.3 Å². The van der Waals surface area contributed by atoms with Gasteiger partial charge in [0.1, 0.15) is 12.2 Å². The first-order valence-corrected chi connectivity index (χ1v) is 7.18. The van der Waals surface area contributed by atoms with E-state index in [4.69, 9.17) is 4.74 Å². The first kappa shape index (κ1) is 16.3. The van der Waals surface area contributed by atoms with Crippen LogP contribution in [-0.4, -0.2) is 18.4 Å². The number of para-hydroxylation sites is 3. The molecule has 0 spiro atoms. The van der Waals surface area contributed by atoms with E-state index in [0.717, 1.165) is 0 Å². The lowest BCUT2D eigenvalue weighted by atomic mass is 10.2. The van der Waals surface area contributed by atoms with Crippen molar-refractivity contribution in [3.8, 4) is 11.5 Å². The molecule has 2 rings (SSSR count). The molecule has 2 aromatic carbocycles. The summed E-state index contributed by atoms with van der Waals surface area (Å²) in [7, 11) is 0. The Labute approximate surface area is 135 Å². The third-order valence-electron chi connectivity index (χ3n) is 2.90. The highest BCUT2D eigenvalue weighted by molar-refractivity contribution is 6.04. The largest absolute Gasteiger partial charge is 0.455 e. The van der Waals surface area contributed by atoms with Crippen LogP contribution < -0.4 is 15.4 Å². The van der Waals surface area contributed by atoms with Crippen molar-refractivity contribution >= 4 is 17.5 Å². The molecule has 2 amide bonds. The standard InChI is InChI=1S/C18H18N2O3/c1-2-12-19-17(21)13-18(22)20-15-10-6-7-11-16(15)23-14-8-4-3-5-9-14/h2-11H,1,12-13H2,(H,19,21)(H,20,22). The number of hydrogen-bond acceptors (Lipinski definition) is 3. The minimum Gasteiger partial charge on any atom is -0.455 e. The minimum absolute atomic E-state index is 0.256. The van der Waals surface area contributed by atoms with Crippen LogP contribution in [0.3, 0.4) is 0 Å². The molecule has 0 radical (unpaired) electrons. The molecule has 0 saturated heterocycles. The van der Waals surface area contributed by atoms with E-state index in [1.54, 1.807) is 24.3 Å². The van der Waals surface area contributed by atoms with Crippen LogP contribution in [-0.2, 0) is 9.59 Å². The molecule has 5 heteroatoms. The van der Waals surface area contributed by atoms with E-state index in [0.29, 0.717) is 23.7 Å². The lowest BCUT2D eigenvalue weighted by molar-refractivity contribution is -0.126. The number of anilines is 1. The number of carbonyl (C=O) groups is 2. The number of ether oxygens (including phenoxy) is 1. The zero-order valence-electron chi connectivity index (χ0n) is 12.6. The number of rotatable bonds is 7. The number of nitrogens with one attached hydrogen (secondary N) is 2. The van der Waals surface area contributed by atoms with Crippen LogP contribution in [0.25, 0.3) is 0 Å². The molecule has 0 atom stereocenters. The zero-order valence-corrected chi connectivity index (χ0v) is 12.6. The summed E-state index contributed by atoms with van der Waals surface area (Å²) in [6, 6.07) is 16.3. The van der Waals surface area contributed by atoms with Gasteiger partial charge in [-0.3, -0.25) is 9.59 Å². The average Bonchev–Trinajstić information content (AvgIpc) is 2.55. The van der Waals surface area contributed by atoms with Crippen molar-refractivity contribution in [1.29, 1.82) is 0 Å². The fourth-order valence-corrected chi connectivity index (χ4v) is 1.86. The number of benzene rings is 2. The lowest BCUT2D eigenvalue weighted by Crippen LogP contribution is -2.28. The first-order valence-electron chi connectivity index (χ1n) is 7.18. The first-order chi connectivity index (χ1) is 11.2. The van der Waals surface area contributed by atoms with Crippen molar-refractivity contribution in [2.75, 3.05) is 11.9 Å². The maximum Gasteiger partial charge on any atom is 0.233 e. The maximum atomic E-state index is 11.9. The average molecular weight is 310 g/mol. The Morgan fingerprint density at radius 2 is 1.70 bits per heavy atom. The smallest absolute Gasteiger partial charge is 0.233 e. The molecule has 0 aliphatic heterocycles. The van der Waals surface area contributed by atoms with Crippen molar-refractivity contribution in [3.05, 3.63) is 67.3 Å². The predicted octanol–water partition coefficient (Wildman–Crippen LogP) is 3.11. The summed E-state index contributed by atoms with van der Waals surface area (Å²) >= 11 is 0. The Morgan fingerprint density at radius 3 is 2.43 bits per heavy atom. The van der Waals surface area contributed by atoms with E-state index in [-0.39, 0.29) is 12.3 Å². The Kier molecular flexibility index (Phi) is 5.94. The van der Waals surface area contributed by atoms with Crippen LogP contribution >= 0.6 is 0 Å². The van der Waals surface area contributed by atoms with Gasteiger partial charge in [0, 0.05) is 6.54 Å². The fourth-order valence-electron chi connectivity index (χ4n) is 1.86. The van der Waals surface area contributed by atoms with Gasteiger partial charge in [-0.1, -0.05) is 36.4 Å². The van der Waals surface area contributed by atoms with Gasteiger partial charge in [-0.2, -0.15) is 0 Å². The quantitative estimate of drug-likeness (QED) is 0.610. The zero-order chi connectivity index (χ0) is 16.5. The highest BCUT2D eigenvalue weighted by atomic mass is 16.5. The van der Waals surface area contributed by atoms with E-state index in [9.17, 15) is 9.59 Å². The Bertz CT molecular complexity index is 684. The molecule has 23 heavy (non-hydrogen) atoms. The summed E-state index contributed by atoms with van der Waals surface area (Å²) in [6.45, 7) is 3.83. The highest BCUT2D eigenvalue weighted by Gasteiger charge is 2.11. The summed E-state index contributed by atoms with van der Waals surface area (Å²) < 4.78 is 5.75. The van der Waals surface area contributed by atoms with Gasteiger partial charge in [0.25, 0.3) is 0 Å². The van der Waals surface area contributed by atoms with Gasteiger partial charge >= 0.3 is 0 Å². The van der Waals surface area contributed by atoms with Crippen molar-refractivity contribution in [2.45, 2.75) is 6.42 Å². The van der Waals surface area contributed by atoms with Gasteiger partial charge < -0.3 is 15.4 Å². The minimum atomic E-state index is -0.407. The van der Waals surface area contributed by atoms with Gasteiger partial charge in [-0.25, -0.2) is 0 Å². The third kappa shape index (κ3) is 5.32. The monoisotopic (exact) mass is 310 g/mol. The van der Waals surface area contributed by atoms with Crippen LogP contribution in [0, 0.1) is 0 Å². The van der Waals surface area contributed by atoms with E-state index in [1.165, 1.54) is 0 Å². The summed E-state index contributed by atoms with van der Waals surface area (Å²) in [6.07, 6.45) is 1.30. The second-order valence-electron chi connectivity index (χ2n) is 4.73. The van der Waals surface area contributed by atoms with Crippen molar-refractivity contribution < 1.29 is 14.3 Å². The highest BCUT2D eigenvalue weighted by Crippen LogP contribution is 2.29. The van der Waals surface area contributed by atoms with Crippen LogP contribution in [0.4, 0.5) is 5.69 Å². The molecule has 0 fully saturated rings. The van der Waals surface area contributed by atoms with Crippen LogP contribution in [0.2, 0.25) is 0 Å². The molecule has 0 aliphatic rings. The SMILES string of the molecule is C=CCNC(=O)CC(=O)Nc1ccccc1Oc1ccccc1. The van der Waals surface area contributed by atoms with E-state index in [1.807, 2.05) is 36.4 Å². The van der Waals surface area contributed by atoms with Crippen molar-refractivity contribution in [3.63, 3.8) is 0 Å².